The quantitative estimate of drug-likeness (QED) is 0.462. The van der Waals surface area contributed by atoms with Crippen molar-refractivity contribution < 1.29 is 4.57 Å². The standard InChI is InChI=1S/C18H15N2/c1-19-13-7-6-12-18(19)20-16-10-4-2-8-14(16)15-9-3-5-11-17(15)20/h2-13H,1H3/q+1. The maximum atomic E-state index is 2.32. The number of fused-ring (bicyclic) bond motifs is 3. The van der Waals surface area contributed by atoms with Gasteiger partial charge in [-0.15, -0.1) is 0 Å². The summed E-state index contributed by atoms with van der Waals surface area (Å²) in [6.07, 6.45) is 2.08. The molecule has 4 aromatic rings. The molecule has 2 aromatic carbocycles. The summed E-state index contributed by atoms with van der Waals surface area (Å²) in [6, 6.07) is 23.4. The number of nitrogens with zero attached hydrogens (tertiary/aromatic N) is 2. The predicted molar refractivity (Wildman–Crippen MR) is 82.0 cm³/mol. The number of aromatic nitrogens is 2. The molecular formula is C18H15N2+. The van der Waals surface area contributed by atoms with Crippen molar-refractivity contribution in [3.63, 3.8) is 0 Å². The van der Waals surface area contributed by atoms with Gasteiger partial charge in [0.05, 0.1) is 13.2 Å². The molecule has 0 radical (unpaired) electrons. The maximum Gasteiger partial charge on any atom is 0.286 e. The first-order valence-electron chi connectivity index (χ1n) is 6.79. The summed E-state index contributed by atoms with van der Waals surface area (Å²) in [7, 11) is 2.08. The first-order valence-corrected chi connectivity index (χ1v) is 6.79. The highest BCUT2D eigenvalue weighted by atomic mass is 15.1. The lowest BCUT2D eigenvalue weighted by atomic mass is 10.2. The molecule has 0 aliphatic rings. The Balaban J connectivity index is 2.24. The van der Waals surface area contributed by atoms with Crippen LogP contribution in [0, 0.1) is 0 Å². The summed E-state index contributed by atoms with van der Waals surface area (Å²) < 4.78 is 4.48. The van der Waals surface area contributed by atoms with Gasteiger partial charge >= 0.3 is 0 Å². The molecular weight excluding hydrogens is 244 g/mol. The van der Waals surface area contributed by atoms with Crippen molar-refractivity contribution in [2.75, 3.05) is 0 Å². The Morgan fingerprint density at radius 2 is 1.25 bits per heavy atom. The van der Waals surface area contributed by atoms with E-state index in [-0.39, 0.29) is 0 Å². The molecule has 2 aromatic heterocycles. The van der Waals surface area contributed by atoms with Gasteiger partial charge in [0, 0.05) is 16.8 Å². The molecule has 0 bridgehead atoms. The number of benzene rings is 2. The lowest BCUT2D eigenvalue weighted by Gasteiger charge is -2.02. The zero-order valence-corrected chi connectivity index (χ0v) is 11.3. The number of hydrogen-bond acceptors (Lipinski definition) is 0. The number of para-hydroxylation sites is 2. The molecule has 2 heterocycles. The normalized spacial score (nSPS) is 11.2. The van der Waals surface area contributed by atoms with Crippen molar-refractivity contribution in [1.82, 2.24) is 4.57 Å². The van der Waals surface area contributed by atoms with Crippen LogP contribution in [0.25, 0.3) is 27.6 Å². The van der Waals surface area contributed by atoms with Gasteiger partial charge in [-0.05, 0) is 30.3 Å². The Morgan fingerprint density at radius 1 is 0.700 bits per heavy atom. The molecule has 0 spiro atoms. The van der Waals surface area contributed by atoms with E-state index in [1.807, 2.05) is 0 Å². The molecule has 0 aliphatic carbocycles. The monoisotopic (exact) mass is 259 g/mol. The Kier molecular flexibility index (Phi) is 2.36. The van der Waals surface area contributed by atoms with Crippen molar-refractivity contribution in [2.24, 2.45) is 7.05 Å². The van der Waals surface area contributed by atoms with Gasteiger partial charge in [-0.1, -0.05) is 30.3 Å². The number of pyridine rings is 1. The van der Waals surface area contributed by atoms with Crippen molar-refractivity contribution in [2.45, 2.75) is 0 Å². The number of rotatable bonds is 1. The van der Waals surface area contributed by atoms with Crippen LogP contribution in [-0.4, -0.2) is 4.57 Å². The minimum absolute atomic E-state index is 1.17. The highest BCUT2D eigenvalue weighted by Crippen LogP contribution is 2.30. The molecule has 96 valence electrons. The van der Waals surface area contributed by atoms with E-state index in [1.54, 1.807) is 0 Å². The van der Waals surface area contributed by atoms with Crippen LogP contribution in [-0.2, 0) is 7.05 Å². The highest BCUT2D eigenvalue weighted by molar-refractivity contribution is 6.08. The summed E-state index contributed by atoms with van der Waals surface area (Å²) in [5.74, 6) is 1.17. The fourth-order valence-corrected chi connectivity index (χ4v) is 2.92. The summed E-state index contributed by atoms with van der Waals surface area (Å²) in [6.45, 7) is 0. The van der Waals surface area contributed by atoms with E-state index >= 15 is 0 Å². The van der Waals surface area contributed by atoms with Crippen LogP contribution in [0.1, 0.15) is 0 Å². The SMILES string of the molecule is C[n+]1ccccc1-n1c2ccccc2c2ccccc21. The zero-order valence-electron chi connectivity index (χ0n) is 11.3. The third-order valence-corrected chi connectivity index (χ3v) is 3.84. The molecule has 2 heteroatoms. The molecule has 0 aliphatic heterocycles. The molecule has 0 fully saturated rings. The summed E-state index contributed by atoms with van der Waals surface area (Å²) >= 11 is 0. The third-order valence-electron chi connectivity index (χ3n) is 3.84. The van der Waals surface area contributed by atoms with Crippen LogP contribution < -0.4 is 4.57 Å². The number of hydrogen-bond donors (Lipinski definition) is 0. The molecule has 0 atom stereocenters. The van der Waals surface area contributed by atoms with Gasteiger partial charge < -0.3 is 0 Å². The molecule has 20 heavy (non-hydrogen) atoms. The second-order valence-electron chi connectivity index (χ2n) is 5.04. The van der Waals surface area contributed by atoms with Crippen LogP contribution in [0.2, 0.25) is 0 Å². The van der Waals surface area contributed by atoms with Crippen molar-refractivity contribution in [1.29, 1.82) is 0 Å². The maximum absolute atomic E-state index is 2.32. The van der Waals surface area contributed by atoms with Gasteiger partial charge in [0.25, 0.3) is 5.82 Å². The van der Waals surface area contributed by atoms with Crippen molar-refractivity contribution in [3.05, 3.63) is 72.9 Å². The van der Waals surface area contributed by atoms with Crippen molar-refractivity contribution in [3.8, 4) is 5.82 Å². The van der Waals surface area contributed by atoms with E-state index in [2.05, 4.69) is 89.1 Å². The summed E-state index contributed by atoms with van der Waals surface area (Å²) in [5, 5.41) is 2.60. The van der Waals surface area contributed by atoms with E-state index in [0.29, 0.717) is 0 Å². The Bertz CT molecular complexity index is 866. The lowest BCUT2D eigenvalue weighted by Crippen LogP contribution is -2.32. The van der Waals surface area contributed by atoms with Crippen LogP contribution in [0.5, 0.6) is 0 Å². The fourth-order valence-electron chi connectivity index (χ4n) is 2.92. The average Bonchev–Trinajstić information content (AvgIpc) is 2.83. The molecule has 2 nitrogen and oxygen atoms in total. The largest absolute Gasteiger partial charge is 0.286 e. The highest BCUT2D eigenvalue weighted by Gasteiger charge is 2.19. The fraction of sp³-hybridized carbons (Fsp3) is 0.0556. The minimum atomic E-state index is 1.17. The van der Waals surface area contributed by atoms with E-state index in [1.165, 1.54) is 27.6 Å². The molecule has 0 saturated heterocycles. The van der Waals surface area contributed by atoms with E-state index in [0.717, 1.165) is 0 Å². The summed E-state index contributed by atoms with van der Waals surface area (Å²) in [4.78, 5) is 0. The third kappa shape index (κ3) is 1.48. The Hall–Kier alpha value is -2.61. The van der Waals surface area contributed by atoms with Gasteiger partial charge in [-0.25, -0.2) is 4.57 Å². The van der Waals surface area contributed by atoms with Gasteiger partial charge in [-0.2, -0.15) is 4.57 Å². The smallest absolute Gasteiger partial charge is 0.237 e. The van der Waals surface area contributed by atoms with Crippen LogP contribution in [0.3, 0.4) is 0 Å². The minimum Gasteiger partial charge on any atom is -0.237 e. The van der Waals surface area contributed by atoms with Gasteiger partial charge in [-0.3, -0.25) is 0 Å². The topological polar surface area (TPSA) is 8.81 Å². The number of aryl methyl sites for hydroxylation is 1. The first kappa shape index (κ1) is 11.2. The summed E-state index contributed by atoms with van der Waals surface area (Å²) in [5.41, 5.74) is 2.49. The second kappa shape index (κ2) is 4.20. The molecule has 0 N–H and O–H groups in total. The predicted octanol–water partition coefficient (Wildman–Crippen LogP) is 3.61. The molecule has 4 rings (SSSR count). The van der Waals surface area contributed by atoms with Gasteiger partial charge in [0.1, 0.15) is 11.0 Å². The van der Waals surface area contributed by atoms with E-state index in [4.69, 9.17) is 0 Å². The second-order valence-corrected chi connectivity index (χ2v) is 5.04. The van der Waals surface area contributed by atoms with Crippen LogP contribution >= 0.6 is 0 Å². The lowest BCUT2D eigenvalue weighted by molar-refractivity contribution is -0.665. The molecule has 0 amide bonds. The van der Waals surface area contributed by atoms with E-state index < -0.39 is 0 Å². The van der Waals surface area contributed by atoms with Gasteiger partial charge in [0.15, 0.2) is 0 Å². The van der Waals surface area contributed by atoms with Crippen LogP contribution in [0.15, 0.2) is 72.9 Å². The van der Waals surface area contributed by atoms with Crippen molar-refractivity contribution >= 4 is 21.8 Å². The average molecular weight is 259 g/mol. The van der Waals surface area contributed by atoms with Crippen LogP contribution in [0.4, 0.5) is 0 Å². The Labute approximate surface area is 117 Å². The first-order chi connectivity index (χ1) is 9.86. The van der Waals surface area contributed by atoms with Gasteiger partial charge in [0.2, 0.25) is 0 Å². The molecule has 0 saturated carbocycles. The van der Waals surface area contributed by atoms with E-state index in [9.17, 15) is 0 Å². The Morgan fingerprint density at radius 3 is 1.85 bits per heavy atom. The zero-order chi connectivity index (χ0) is 13.5. The molecule has 0 unspecified atom stereocenters.